The Kier molecular flexibility index (Phi) is 4.44. The molecule has 0 fully saturated rings. The first-order valence-corrected chi connectivity index (χ1v) is 7.81. The third kappa shape index (κ3) is 2.99. The molecule has 0 amide bonds. The Morgan fingerprint density at radius 3 is 2.39 bits per heavy atom. The summed E-state index contributed by atoms with van der Waals surface area (Å²) < 4.78 is 16.1. The highest BCUT2D eigenvalue weighted by Gasteiger charge is 2.25. The maximum atomic E-state index is 5.43. The van der Waals surface area contributed by atoms with Crippen molar-refractivity contribution >= 4 is 0 Å². The van der Waals surface area contributed by atoms with Crippen molar-refractivity contribution in [1.29, 1.82) is 0 Å². The minimum Gasteiger partial charge on any atom is -0.497 e. The molecule has 0 unspecified atom stereocenters. The molecule has 2 atom stereocenters. The molecule has 23 heavy (non-hydrogen) atoms. The monoisotopic (exact) mass is 313 g/mol. The lowest BCUT2D eigenvalue weighted by atomic mass is 9.87. The summed E-state index contributed by atoms with van der Waals surface area (Å²) in [7, 11) is 5.03. The highest BCUT2D eigenvalue weighted by molar-refractivity contribution is 5.46. The fraction of sp³-hybridized carbons (Fsp3) is 0.368. The Balaban J connectivity index is 1.93. The van der Waals surface area contributed by atoms with Gasteiger partial charge in [-0.3, -0.25) is 0 Å². The van der Waals surface area contributed by atoms with Gasteiger partial charge in [-0.2, -0.15) is 0 Å². The molecular weight excluding hydrogens is 290 g/mol. The average molecular weight is 313 g/mol. The highest BCUT2D eigenvalue weighted by atomic mass is 16.5. The van der Waals surface area contributed by atoms with Crippen molar-refractivity contribution in [2.24, 2.45) is 0 Å². The van der Waals surface area contributed by atoms with Crippen LogP contribution in [0.2, 0.25) is 0 Å². The standard InChI is InChI=1S/C19H23NO3/c1-12-16-7-6-15(21-2)9-14(16)10-17(20-12)13-5-8-18(22-3)19(11-13)23-4/h5-9,11-12,17,20H,10H2,1-4H3/t12-,17-/m0/s1. The van der Waals surface area contributed by atoms with E-state index < -0.39 is 0 Å². The smallest absolute Gasteiger partial charge is 0.161 e. The zero-order chi connectivity index (χ0) is 16.4. The van der Waals surface area contributed by atoms with Gasteiger partial charge in [0.05, 0.1) is 21.3 Å². The van der Waals surface area contributed by atoms with E-state index in [4.69, 9.17) is 14.2 Å². The number of ether oxygens (including phenoxy) is 3. The Labute approximate surface area is 137 Å². The van der Waals surface area contributed by atoms with Crippen LogP contribution in [0.5, 0.6) is 17.2 Å². The molecule has 0 saturated carbocycles. The van der Waals surface area contributed by atoms with Gasteiger partial charge in [0, 0.05) is 12.1 Å². The van der Waals surface area contributed by atoms with E-state index in [0.29, 0.717) is 6.04 Å². The maximum absolute atomic E-state index is 5.43. The molecular formula is C19H23NO3. The summed E-state index contributed by atoms with van der Waals surface area (Å²) in [5.74, 6) is 2.42. The first kappa shape index (κ1) is 15.7. The van der Waals surface area contributed by atoms with Crippen LogP contribution in [0, 0.1) is 0 Å². The molecule has 0 spiro atoms. The Hall–Kier alpha value is -2.20. The van der Waals surface area contributed by atoms with Gasteiger partial charge in [0.25, 0.3) is 0 Å². The minimum absolute atomic E-state index is 0.240. The van der Waals surface area contributed by atoms with Crippen LogP contribution in [0.1, 0.15) is 35.7 Å². The number of fused-ring (bicyclic) bond motifs is 1. The lowest BCUT2D eigenvalue weighted by Gasteiger charge is -2.32. The zero-order valence-electron chi connectivity index (χ0n) is 14.1. The zero-order valence-corrected chi connectivity index (χ0v) is 14.1. The van der Waals surface area contributed by atoms with E-state index in [1.165, 1.54) is 16.7 Å². The quantitative estimate of drug-likeness (QED) is 0.935. The average Bonchev–Trinajstić information content (AvgIpc) is 2.60. The number of hydrogen-bond donors (Lipinski definition) is 1. The third-order valence-corrected chi connectivity index (χ3v) is 4.50. The van der Waals surface area contributed by atoms with E-state index in [9.17, 15) is 0 Å². The van der Waals surface area contributed by atoms with Crippen LogP contribution in [0.3, 0.4) is 0 Å². The van der Waals surface area contributed by atoms with Gasteiger partial charge in [0.15, 0.2) is 11.5 Å². The molecule has 4 heteroatoms. The van der Waals surface area contributed by atoms with E-state index in [2.05, 4.69) is 30.4 Å². The maximum Gasteiger partial charge on any atom is 0.161 e. The minimum atomic E-state index is 0.240. The molecule has 4 nitrogen and oxygen atoms in total. The second-order valence-electron chi connectivity index (χ2n) is 5.82. The molecule has 1 aliphatic heterocycles. The number of benzene rings is 2. The van der Waals surface area contributed by atoms with Crippen LogP contribution in [0.25, 0.3) is 0 Å². The predicted molar refractivity (Wildman–Crippen MR) is 90.5 cm³/mol. The lowest BCUT2D eigenvalue weighted by Crippen LogP contribution is -2.31. The number of rotatable bonds is 4. The molecule has 3 rings (SSSR count). The van der Waals surface area contributed by atoms with Crippen LogP contribution >= 0.6 is 0 Å². The second kappa shape index (κ2) is 6.50. The summed E-state index contributed by atoms with van der Waals surface area (Å²) in [4.78, 5) is 0. The van der Waals surface area contributed by atoms with Crippen molar-refractivity contribution in [3.8, 4) is 17.2 Å². The normalized spacial score (nSPS) is 19.8. The number of nitrogens with one attached hydrogen (secondary N) is 1. The van der Waals surface area contributed by atoms with Gasteiger partial charge in [-0.25, -0.2) is 0 Å². The molecule has 0 aliphatic carbocycles. The molecule has 2 aromatic rings. The van der Waals surface area contributed by atoms with Gasteiger partial charge < -0.3 is 19.5 Å². The van der Waals surface area contributed by atoms with Crippen molar-refractivity contribution in [2.45, 2.75) is 25.4 Å². The summed E-state index contributed by atoms with van der Waals surface area (Å²) in [5, 5.41) is 3.68. The molecule has 1 heterocycles. The van der Waals surface area contributed by atoms with Crippen LogP contribution < -0.4 is 19.5 Å². The van der Waals surface area contributed by atoms with Crippen LogP contribution in [0.4, 0.5) is 0 Å². The number of hydrogen-bond acceptors (Lipinski definition) is 4. The predicted octanol–water partition coefficient (Wildman–Crippen LogP) is 3.66. The van der Waals surface area contributed by atoms with Crippen molar-refractivity contribution in [2.75, 3.05) is 21.3 Å². The van der Waals surface area contributed by atoms with Gasteiger partial charge in [0.2, 0.25) is 0 Å². The van der Waals surface area contributed by atoms with Crippen LogP contribution in [0.15, 0.2) is 36.4 Å². The fourth-order valence-corrected chi connectivity index (χ4v) is 3.26. The molecule has 1 N–H and O–H groups in total. The highest BCUT2D eigenvalue weighted by Crippen LogP contribution is 2.36. The molecule has 0 radical (unpaired) electrons. The molecule has 122 valence electrons. The first-order chi connectivity index (χ1) is 11.2. The lowest BCUT2D eigenvalue weighted by molar-refractivity contribution is 0.352. The second-order valence-corrected chi connectivity index (χ2v) is 5.82. The van der Waals surface area contributed by atoms with E-state index in [1.807, 2.05) is 18.2 Å². The molecule has 1 aliphatic rings. The molecule has 0 bridgehead atoms. The van der Waals surface area contributed by atoms with Gasteiger partial charge >= 0.3 is 0 Å². The van der Waals surface area contributed by atoms with Gasteiger partial charge in [0.1, 0.15) is 5.75 Å². The van der Waals surface area contributed by atoms with Gasteiger partial charge in [-0.05, 0) is 54.3 Å². The van der Waals surface area contributed by atoms with E-state index >= 15 is 0 Å². The molecule has 0 aromatic heterocycles. The fourth-order valence-electron chi connectivity index (χ4n) is 3.26. The van der Waals surface area contributed by atoms with E-state index in [1.54, 1.807) is 21.3 Å². The van der Waals surface area contributed by atoms with E-state index in [-0.39, 0.29) is 6.04 Å². The first-order valence-electron chi connectivity index (χ1n) is 7.81. The Morgan fingerprint density at radius 2 is 1.70 bits per heavy atom. The summed E-state index contributed by atoms with van der Waals surface area (Å²) in [6.07, 6.45) is 0.923. The molecule has 0 saturated heterocycles. The SMILES string of the molecule is COc1ccc2c(c1)C[C@@H](c1ccc(OC)c(OC)c1)N[C@H]2C. The topological polar surface area (TPSA) is 39.7 Å². The summed E-state index contributed by atoms with van der Waals surface area (Å²) >= 11 is 0. The Morgan fingerprint density at radius 1 is 0.913 bits per heavy atom. The number of methoxy groups -OCH3 is 3. The Bertz CT molecular complexity index is 699. The van der Waals surface area contributed by atoms with Crippen LogP contribution in [-0.4, -0.2) is 21.3 Å². The van der Waals surface area contributed by atoms with Gasteiger partial charge in [-0.1, -0.05) is 12.1 Å². The van der Waals surface area contributed by atoms with Crippen molar-refractivity contribution in [3.63, 3.8) is 0 Å². The summed E-state index contributed by atoms with van der Waals surface area (Å²) in [6.45, 7) is 2.19. The van der Waals surface area contributed by atoms with Crippen molar-refractivity contribution < 1.29 is 14.2 Å². The van der Waals surface area contributed by atoms with Gasteiger partial charge in [-0.15, -0.1) is 0 Å². The van der Waals surface area contributed by atoms with Crippen LogP contribution in [-0.2, 0) is 6.42 Å². The van der Waals surface area contributed by atoms with Crippen molar-refractivity contribution in [3.05, 3.63) is 53.1 Å². The third-order valence-electron chi connectivity index (χ3n) is 4.50. The van der Waals surface area contributed by atoms with Crippen molar-refractivity contribution in [1.82, 2.24) is 5.32 Å². The van der Waals surface area contributed by atoms with E-state index in [0.717, 1.165) is 23.7 Å². The summed E-state index contributed by atoms with van der Waals surface area (Å²) in [6, 6.07) is 12.9. The molecule has 2 aromatic carbocycles. The largest absolute Gasteiger partial charge is 0.497 e. The summed E-state index contributed by atoms with van der Waals surface area (Å²) in [5.41, 5.74) is 3.86.